The van der Waals surface area contributed by atoms with Crippen LogP contribution in [0.2, 0.25) is 0 Å². The van der Waals surface area contributed by atoms with Crippen molar-refractivity contribution in [2.75, 3.05) is 0 Å². The van der Waals surface area contributed by atoms with Crippen molar-refractivity contribution in [1.82, 2.24) is 10.3 Å². The van der Waals surface area contributed by atoms with Gasteiger partial charge in [0.05, 0.1) is 11.5 Å². The first-order chi connectivity index (χ1) is 9.58. The number of aliphatic imine (C=N–C) groups is 1. The Hall–Kier alpha value is -1.93. The predicted molar refractivity (Wildman–Crippen MR) is 85.0 cm³/mol. The largest absolute Gasteiger partial charge is 0.458 e. The number of hydrogen-bond acceptors (Lipinski definition) is 5. The minimum Gasteiger partial charge on any atom is -0.458 e. The maximum absolute atomic E-state index is 5.69. The quantitative estimate of drug-likeness (QED) is 0.444. The van der Waals surface area contributed by atoms with Crippen molar-refractivity contribution < 1.29 is 4.42 Å². The van der Waals surface area contributed by atoms with E-state index in [-0.39, 0.29) is 5.96 Å². The van der Waals surface area contributed by atoms with Crippen molar-refractivity contribution in [3.8, 4) is 11.5 Å². The molecule has 0 spiro atoms. The predicted octanol–water partition coefficient (Wildman–Crippen LogP) is 2.14. The lowest BCUT2D eigenvalue weighted by Gasteiger charge is -2.02. The van der Waals surface area contributed by atoms with E-state index >= 15 is 0 Å². The molecule has 0 saturated heterocycles. The second kappa shape index (κ2) is 6.49. The topological polar surface area (TPSA) is 102 Å². The minimum absolute atomic E-state index is 0.0108. The molecule has 5 N–H and O–H groups in total. The zero-order chi connectivity index (χ0) is 14.5. The molecule has 0 saturated carbocycles. The van der Waals surface area contributed by atoms with Crippen LogP contribution in [0, 0.1) is 0 Å². The minimum atomic E-state index is -0.0108. The molecule has 0 aliphatic rings. The third-order valence-electron chi connectivity index (χ3n) is 2.41. The second-order valence-electron chi connectivity index (χ2n) is 3.95. The number of rotatable bonds is 5. The molecular formula is C12H15N5OS2. The van der Waals surface area contributed by atoms with Gasteiger partial charge in [0.15, 0.2) is 11.7 Å². The third-order valence-corrected chi connectivity index (χ3v) is 3.58. The molecule has 2 heterocycles. The van der Waals surface area contributed by atoms with Crippen LogP contribution >= 0.6 is 23.6 Å². The monoisotopic (exact) mass is 309 g/mol. The van der Waals surface area contributed by atoms with Crippen LogP contribution in [0.25, 0.3) is 11.5 Å². The summed E-state index contributed by atoms with van der Waals surface area (Å²) in [6.07, 6.45) is 0.816. The van der Waals surface area contributed by atoms with Crippen molar-refractivity contribution in [3.63, 3.8) is 0 Å². The lowest BCUT2D eigenvalue weighted by atomic mass is 10.3. The van der Waals surface area contributed by atoms with Gasteiger partial charge in [0.2, 0.25) is 5.13 Å². The molecule has 0 unspecified atom stereocenters. The van der Waals surface area contributed by atoms with Crippen molar-refractivity contribution in [3.05, 3.63) is 23.3 Å². The first-order valence-corrected chi connectivity index (χ1v) is 7.28. The van der Waals surface area contributed by atoms with Gasteiger partial charge in [-0.15, -0.1) is 11.3 Å². The van der Waals surface area contributed by atoms with Crippen LogP contribution in [0.3, 0.4) is 0 Å². The van der Waals surface area contributed by atoms with Gasteiger partial charge in [0.1, 0.15) is 11.5 Å². The molecule has 2 aromatic heterocycles. The summed E-state index contributed by atoms with van der Waals surface area (Å²) in [6, 6.07) is 3.75. The summed E-state index contributed by atoms with van der Waals surface area (Å²) in [5.41, 5.74) is 11.3. The standard InChI is InChI=1S/C12H15N5OS2/c1-2-10(19)15-5-7-3-4-9(18-7)8-6-20-12(16-8)17-11(13)14/h3-4,6H,2,5H2,1H3,(H,15,19)(H4,13,14,16,17). The summed E-state index contributed by atoms with van der Waals surface area (Å²) in [4.78, 5) is 8.98. The number of thiazole rings is 1. The molecule has 0 fully saturated rings. The van der Waals surface area contributed by atoms with E-state index < -0.39 is 0 Å². The Labute approximate surface area is 125 Å². The second-order valence-corrected chi connectivity index (χ2v) is 5.28. The van der Waals surface area contributed by atoms with E-state index in [9.17, 15) is 0 Å². The van der Waals surface area contributed by atoms with Crippen LogP contribution < -0.4 is 16.8 Å². The van der Waals surface area contributed by atoms with E-state index in [1.807, 2.05) is 24.4 Å². The van der Waals surface area contributed by atoms with E-state index in [4.69, 9.17) is 28.1 Å². The van der Waals surface area contributed by atoms with Gasteiger partial charge in [-0.05, 0) is 18.6 Å². The number of nitrogens with two attached hydrogens (primary N) is 2. The molecular weight excluding hydrogens is 294 g/mol. The molecule has 0 bridgehead atoms. The first kappa shape index (κ1) is 14.5. The Morgan fingerprint density at radius 3 is 3.00 bits per heavy atom. The maximum Gasteiger partial charge on any atom is 0.212 e. The van der Waals surface area contributed by atoms with Gasteiger partial charge in [0, 0.05) is 5.38 Å². The summed E-state index contributed by atoms with van der Waals surface area (Å²) >= 11 is 6.45. The smallest absolute Gasteiger partial charge is 0.212 e. The Morgan fingerprint density at radius 1 is 1.50 bits per heavy atom. The van der Waals surface area contributed by atoms with E-state index in [0.29, 0.717) is 23.1 Å². The number of furan rings is 1. The number of nitrogens with one attached hydrogen (secondary N) is 1. The molecule has 0 atom stereocenters. The fourth-order valence-corrected chi connectivity index (χ4v) is 2.23. The Balaban J connectivity index is 2.06. The fourth-order valence-electron chi connectivity index (χ4n) is 1.46. The molecule has 6 nitrogen and oxygen atoms in total. The van der Waals surface area contributed by atoms with Gasteiger partial charge in [0.25, 0.3) is 0 Å². The van der Waals surface area contributed by atoms with E-state index in [0.717, 1.165) is 17.2 Å². The number of hydrogen-bond donors (Lipinski definition) is 3. The molecule has 0 amide bonds. The highest BCUT2D eigenvalue weighted by atomic mass is 32.1. The zero-order valence-corrected chi connectivity index (χ0v) is 12.6. The van der Waals surface area contributed by atoms with E-state index in [1.165, 1.54) is 11.3 Å². The number of thiocarbonyl (C=S) groups is 1. The number of guanidine groups is 1. The van der Waals surface area contributed by atoms with Gasteiger partial charge >= 0.3 is 0 Å². The highest BCUT2D eigenvalue weighted by Crippen LogP contribution is 2.27. The average molecular weight is 309 g/mol. The van der Waals surface area contributed by atoms with E-state index in [1.54, 1.807) is 0 Å². The molecule has 0 radical (unpaired) electrons. The Bertz CT molecular complexity index is 627. The molecule has 8 heteroatoms. The molecule has 2 aromatic rings. The van der Waals surface area contributed by atoms with Crippen LogP contribution in [0.4, 0.5) is 5.13 Å². The van der Waals surface area contributed by atoms with Crippen LogP contribution in [0.15, 0.2) is 26.9 Å². The molecule has 0 aliphatic heterocycles. The van der Waals surface area contributed by atoms with Crippen LogP contribution in [-0.4, -0.2) is 15.9 Å². The van der Waals surface area contributed by atoms with Gasteiger partial charge < -0.3 is 21.2 Å². The van der Waals surface area contributed by atoms with Crippen molar-refractivity contribution in [2.45, 2.75) is 19.9 Å². The van der Waals surface area contributed by atoms with Gasteiger partial charge in [-0.25, -0.2) is 4.98 Å². The Morgan fingerprint density at radius 2 is 2.30 bits per heavy atom. The number of nitrogens with zero attached hydrogens (tertiary/aromatic N) is 2. The molecule has 0 aliphatic carbocycles. The van der Waals surface area contributed by atoms with Crippen molar-refractivity contribution >= 4 is 39.6 Å². The van der Waals surface area contributed by atoms with Crippen LogP contribution in [0.5, 0.6) is 0 Å². The molecule has 2 rings (SSSR count). The normalized spacial score (nSPS) is 10.2. The van der Waals surface area contributed by atoms with Gasteiger partial charge in [-0.1, -0.05) is 19.1 Å². The molecule has 106 valence electrons. The number of aromatic nitrogens is 1. The third kappa shape index (κ3) is 3.78. The van der Waals surface area contributed by atoms with Gasteiger partial charge in [-0.3, -0.25) is 0 Å². The van der Waals surface area contributed by atoms with E-state index in [2.05, 4.69) is 15.3 Å². The average Bonchev–Trinajstić information content (AvgIpc) is 3.03. The molecule has 0 aromatic carbocycles. The van der Waals surface area contributed by atoms with Crippen molar-refractivity contribution in [1.29, 1.82) is 0 Å². The highest BCUT2D eigenvalue weighted by Gasteiger charge is 2.09. The fraction of sp³-hybridized carbons (Fsp3) is 0.250. The Kier molecular flexibility index (Phi) is 4.70. The lowest BCUT2D eigenvalue weighted by molar-refractivity contribution is 0.514. The SMILES string of the molecule is CCC(=S)NCc1ccc(-c2csc(N=C(N)N)n2)o1. The highest BCUT2D eigenvalue weighted by molar-refractivity contribution is 7.80. The summed E-state index contributed by atoms with van der Waals surface area (Å²) in [5, 5.41) is 5.45. The summed E-state index contributed by atoms with van der Waals surface area (Å²) in [5.74, 6) is 1.47. The summed E-state index contributed by atoms with van der Waals surface area (Å²) in [7, 11) is 0. The lowest BCUT2D eigenvalue weighted by Crippen LogP contribution is -2.21. The molecule has 20 heavy (non-hydrogen) atoms. The first-order valence-electron chi connectivity index (χ1n) is 5.99. The van der Waals surface area contributed by atoms with Crippen LogP contribution in [-0.2, 0) is 6.54 Å². The summed E-state index contributed by atoms with van der Waals surface area (Å²) < 4.78 is 5.69. The maximum atomic E-state index is 5.69. The zero-order valence-electron chi connectivity index (χ0n) is 10.9. The summed E-state index contributed by atoms with van der Waals surface area (Å²) in [6.45, 7) is 2.57. The van der Waals surface area contributed by atoms with Gasteiger partial charge in [-0.2, -0.15) is 4.99 Å². The van der Waals surface area contributed by atoms with Crippen LogP contribution in [0.1, 0.15) is 19.1 Å². The van der Waals surface area contributed by atoms with Crippen molar-refractivity contribution in [2.24, 2.45) is 16.5 Å².